The molecule has 1 N–H and O–H groups in total. The van der Waals surface area contributed by atoms with Gasteiger partial charge in [-0.25, -0.2) is 0 Å². The predicted molar refractivity (Wildman–Crippen MR) is 73.7 cm³/mol. The van der Waals surface area contributed by atoms with Gasteiger partial charge >= 0.3 is 0 Å². The molecule has 0 saturated carbocycles. The van der Waals surface area contributed by atoms with E-state index in [1.165, 1.54) is 6.42 Å². The van der Waals surface area contributed by atoms with Gasteiger partial charge in [0.05, 0.1) is 18.9 Å². The highest BCUT2D eigenvalue weighted by Gasteiger charge is 2.19. The Morgan fingerprint density at radius 3 is 2.67 bits per heavy atom. The van der Waals surface area contributed by atoms with E-state index in [1.807, 2.05) is 13.0 Å². The Morgan fingerprint density at radius 2 is 2.06 bits per heavy atom. The first-order valence-corrected chi connectivity index (χ1v) is 6.98. The third kappa shape index (κ3) is 4.30. The van der Waals surface area contributed by atoms with Crippen molar-refractivity contribution >= 4 is 0 Å². The number of pyridine rings is 1. The molecule has 18 heavy (non-hydrogen) atoms. The molecule has 1 heterocycles. The molecule has 0 bridgehead atoms. The van der Waals surface area contributed by atoms with Gasteiger partial charge in [-0.3, -0.25) is 4.98 Å². The summed E-state index contributed by atoms with van der Waals surface area (Å²) in [5.41, 5.74) is 0.865. The maximum Gasteiger partial charge on any atom is 0.137 e. The highest BCUT2D eigenvalue weighted by atomic mass is 16.5. The first kappa shape index (κ1) is 15.0. The Morgan fingerprint density at radius 1 is 1.28 bits per heavy atom. The van der Waals surface area contributed by atoms with E-state index in [-0.39, 0.29) is 0 Å². The molecule has 0 amide bonds. The van der Waals surface area contributed by atoms with Crippen LogP contribution in [-0.2, 0) is 0 Å². The average Bonchev–Trinajstić information content (AvgIpc) is 2.40. The molecule has 3 heteroatoms. The minimum absolute atomic E-state index is 0.309. The Labute approximate surface area is 110 Å². The van der Waals surface area contributed by atoms with Crippen molar-refractivity contribution in [1.82, 2.24) is 4.98 Å². The number of hydrogen-bond acceptors (Lipinski definition) is 3. The van der Waals surface area contributed by atoms with Crippen molar-refractivity contribution in [3.8, 4) is 5.75 Å². The first-order chi connectivity index (χ1) is 8.72. The van der Waals surface area contributed by atoms with E-state index in [0.29, 0.717) is 12.5 Å². The first-order valence-electron chi connectivity index (χ1n) is 6.98. The summed E-state index contributed by atoms with van der Waals surface area (Å²) in [6, 6.07) is 1.90. The Hall–Kier alpha value is -1.09. The van der Waals surface area contributed by atoms with Crippen molar-refractivity contribution in [1.29, 1.82) is 0 Å². The Balaban J connectivity index is 2.73. The van der Waals surface area contributed by atoms with Crippen molar-refractivity contribution < 1.29 is 9.84 Å². The number of unbranched alkanes of at least 4 members (excludes halogenated alkanes) is 1. The summed E-state index contributed by atoms with van der Waals surface area (Å²) in [4.78, 5) is 4.14. The molecule has 3 nitrogen and oxygen atoms in total. The zero-order valence-electron chi connectivity index (χ0n) is 11.7. The van der Waals surface area contributed by atoms with Crippen LogP contribution in [0.25, 0.3) is 0 Å². The summed E-state index contributed by atoms with van der Waals surface area (Å²) in [5, 5.41) is 10.4. The zero-order valence-corrected chi connectivity index (χ0v) is 11.7. The second-order valence-corrected chi connectivity index (χ2v) is 4.64. The molecule has 1 aromatic rings. The van der Waals surface area contributed by atoms with E-state index < -0.39 is 6.10 Å². The van der Waals surface area contributed by atoms with Crippen LogP contribution in [0.2, 0.25) is 0 Å². The summed E-state index contributed by atoms with van der Waals surface area (Å²) in [6.45, 7) is 6.87. The maximum atomic E-state index is 10.4. The van der Waals surface area contributed by atoms with E-state index in [1.54, 1.807) is 12.4 Å². The number of hydrogen-bond donors (Lipinski definition) is 1. The van der Waals surface area contributed by atoms with E-state index in [4.69, 9.17) is 4.74 Å². The van der Waals surface area contributed by atoms with Gasteiger partial charge in [0.1, 0.15) is 5.75 Å². The van der Waals surface area contributed by atoms with Gasteiger partial charge in [0, 0.05) is 11.8 Å². The summed E-state index contributed by atoms with van der Waals surface area (Å²) < 4.78 is 5.42. The Kier molecular flexibility index (Phi) is 6.73. The molecule has 0 aromatic carbocycles. The molecule has 2 unspecified atom stereocenters. The number of nitrogens with zero attached hydrogens (tertiary/aromatic N) is 1. The molecule has 0 aliphatic rings. The maximum absolute atomic E-state index is 10.4. The third-order valence-electron chi connectivity index (χ3n) is 3.29. The fourth-order valence-electron chi connectivity index (χ4n) is 2.17. The molecular weight excluding hydrogens is 226 g/mol. The van der Waals surface area contributed by atoms with Crippen molar-refractivity contribution in [2.24, 2.45) is 5.92 Å². The van der Waals surface area contributed by atoms with Crippen LogP contribution in [0.15, 0.2) is 18.5 Å². The minimum atomic E-state index is -0.436. The van der Waals surface area contributed by atoms with Crippen LogP contribution in [0.5, 0.6) is 5.75 Å². The van der Waals surface area contributed by atoms with E-state index in [2.05, 4.69) is 18.8 Å². The number of rotatable bonds is 8. The largest absolute Gasteiger partial charge is 0.492 e. The lowest BCUT2D eigenvalue weighted by molar-refractivity contribution is 0.0982. The topological polar surface area (TPSA) is 42.4 Å². The van der Waals surface area contributed by atoms with Crippen LogP contribution < -0.4 is 4.74 Å². The van der Waals surface area contributed by atoms with E-state index >= 15 is 0 Å². The summed E-state index contributed by atoms with van der Waals surface area (Å²) in [5.74, 6) is 1.04. The lowest BCUT2D eigenvalue weighted by atomic mass is 9.90. The quantitative estimate of drug-likeness (QED) is 0.765. The standard InChI is InChI=1S/C15H25NO2/c1-4-7-8-12(5-2)15(17)13-9-14(18-6-3)11-16-10-13/h9-12,15,17H,4-8H2,1-3H3. The molecule has 2 atom stereocenters. The van der Waals surface area contributed by atoms with Gasteiger partial charge in [-0.1, -0.05) is 33.1 Å². The number of ether oxygens (including phenoxy) is 1. The van der Waals surface area contributed by atoms with Gasteiger partial charge in [-0.15, -0.1) is 0 Å². The van der Waals surface area contributed by atoms with Crippen LogP contribution in [0.1, 0.15) is 58.1 Å². The zero-order chi connectivity index (χ0) is 13.4. The molecule has 1 rings (SSSR count). The van der Waals surface area contributed by atoms with Crippen LogP contribution in [-0.4, -0.2) is 16.7 Å². The van der Waals surface area contributed by atoms with Crippen LogP contribution in [0.3, 0.4) is 0 Å². The summed E-state index contributed by atoms with van der Waals surface area (Å²) in [6.07, 6.45) is 7.37. The van der Waals surface area contributed by atoms with Crippen LogP contribution in [0, 0.1) is 5.92 Å². The minimum Gasteiger partial charge on any atom is -0.492 e. The molecule has 0 aliphatic carbocycles. The smallest absolute Gasteiger partial charge is 0.137 e. The van der Waals surface area contributed by atoms with E-state index in [9.17, 15) is 5.11 Å². The highest BCUT2D eigenvalue weighted by Crippen LogP contribution is 2.29. The number of aliphatic hydroxyl groups excluding tert-OH is 1. The third-order valence-corrected chi connectivity index (χ3v) is 3.29. The number of aliphatic hydroxyl groups is 1. The molecule has 0 saturated heterocycles. The molecular formula is C15H25NO2. The summed E-state index contributed by atoms with van der Waals surface area (Å²) >= 11 is 0. The SMILES string of the molecule is CCCCC(CC)C(O)c1cncc(OCC)c1. The van der Waals surface area contributed by atoms with Gasteiger partial charge < -0.3 is 9.84 Å². The molecule has 102 valence electrons. The van der Waals surface area contributed by atoms with Crippen LogP contribution >= 0.6 is 0 Å². The average molecular weight is 251 g/mol. The van der Waals surface area contributed by atoms with Crippen molar-refractivity contribution in [3.63, 3.8) is 0 Å². The van der Waals surface area contributed by atoms with Crippen molar-refractivity contribution in [2.45, 2.75) is 52.6 Å². The molecule has 0 fully saturated rings. The summed E-state index contributed by atoms with van der Waals surface area (Å²) in [7, 11) is 0. The monoisotopic (exact) mass is 251 g/mol. The fraction of sp³-hybridized carbons (Fsp3) is 0.667. The highest BCUT2D eigenvalue weighted by molar-refractivity contribution is 5.25. The Bertz CT molecular complexity index is 341. The molecule has 0 spiro atoms. The second-order valence-electron chi connectivity index (χ2n) is 4.64. The van der Waals surface area contributed by atoms with Gasteiger partial charge in [0.2, 0.25) is 0 Å². The predicted octanol–water partition coefficient (Wildman–Crippen LogP) is 3.73. The van der Waals surface area contributed by atoms with Crippen molar-refractivity contribution in [2.75, 3.05) is 6.61 Å². The molecule has 0 radical (unpaired) electrons. The van der Waals surface area contributed by atoms with Gasteiger partial charge in [-0.05, 0) is 25.3 Å². The van der Waals surface area contributed by atoms with Crippen molar-refractivity contribution in [3.05, 3.63) is 24.0 Å². The lowest BCUT2D eigenvalue weighted by Gasteiger charge is -2.21. The molecule has 0 aliphatic heterocycles. The van der Waals surface area contributed by atoms with E-state index in [0.717, 1.165) is 30.6 Å². The van der Waals surface area contributed by atoms with Crippen LogP contribution in [0.4, 0.5) is 0 Å². The fourth-order valence-corrected chi connectivity index (χ4v) is 2.17. The van der Waals surface area contributed by atoms with Gasteiger partial charge in [0.15, 0.2) is 0 Å². The van der Waals surface area contributed by atoms with Gasteiger partial charge in [-0.2, -0.15) is 0 Å². The normalized spacial score (nSPS) is 14.2. The second kappa shape index (κ2) is 8.09. The number of aromatic nitrogens is 1. The van der Waals surface area contributed by atoms with Gasteiger partial charge in [0.25, 0.3) is 0 Å². The lowest BCUT2D eigenvalue weighted by Crippen LogP contribution is -2.12. The molecule has 1 aromatic heterocycles.